The lowest BCUT2D eigenvalue weighted by Crippen LogP contribution is -2.36. The number of aliphatic hydroxyl groups excluding tert-OH is 1. The van der Waals surface area contributed by atoms with E-state index in [0.717, 1.165) is 30.7 Å². The molecule has 0 bridgehead atoms. The van der Waals surface area contributed by atoms with Crippen molar-refractivity contribution in [1.29, 1.82) is 0 Å². The highest BCUT2D eigenvalue weighted by molar-refractivity contribution is 5.46. The predicted octanol–water partition coefficient (Wildman–Crippen LogP) is 1.44. The highest BCUT2D eigenvalue weighted by Gasteiger charge is 2.22. The first-order valence-corrected chi connectivity index (χ1v) is 6.08. The molecule has 0 spiro atoms. The molecule has 1 aliphatic carbocycles. The molecule has 2 aromatic heterocycles. The summed E-state index contributed by atoms with van der Waals surface area (Å²) in [7, 11) is 0. The molecule has 5 heteroatoms. The average molecular weight is 232 g/mol. The summed E-state index contributed by atoms with van der Waals surface area (Å²) in [5.41, 5.74) is 0.820. The molecule has 1 saturated carbocycles. The Bertz CT molecular complexity index is 510. The van der Waals surface area contributed by atoms with Gasteiger partial charge < -0.3 is 10.4 Å². The number of anilines is 1. The number of hydrogen-bond donors (Lipinski definition) is 2. The quantitative estimate of drug-likeness (QED) is 0.822. The van der Waals surface area contributed by atoms with Crippen LogP contribution in [0, 0.1) is 0 Å². The van der Waals surface area contributed by atoms with E-state index in [1.165, 1.54) is 6.42 Å². The fourth-order valence-corrected chi connectivity index (χ4v) is 2.36. The molecule has 2 atom stereocenters. The fraction of sp³-hybridized carbons (Fsp3) is 0.500. The Balaban J connectivity index is 1.79. The van der Waals surface area contributed by atoms with Gasteiger partial charge in [-0.2, -0.15) is 5.10 Å². The van der Waals surface area contributed by atoms with Gasteiger partial charge in [0.2, 0.25) is 0 Å². The van der Waals surface area contributed by atoms with Gasteiger partial charge in [-0.1, -0.05) is 12.8 Å². The molecular formula is C12H16N4O. The molecule has 1 fully saturated rings. The van der Waals surface area contributed by atoms with E-state index in [1.54, 1.807) is 10.7 Å². The van der Waals surface area contributed by atoms with Gasteiger partial charge in [0.15, 0.2) is 5.65 Å². The molecule has 5 nitrogen and oxygen atoms in total. The topological polar surface area (TPSA) is 62.5 Å². The molecule has 3 rings (SSSR count). The smallest absolute Gasteiger partial charge is 0.157 e. The third-order valence-corrected chi connectivity index (χ3v) is 3.32. The second-order valence-corrected chi connectivity index (χ2v) is 4.55. The van der Waals surface area contributed by atoms with Crippen molar-refractivity contribution in [3.05, 3.63) is 24.5 Å². The van der Waals surface area contributed by atoms with E-state index >= 15 is 0 Å². The summed E-state index contributed by atoms with van der Waals surface area (Å²) < 4.78 is 1.72. The van der Waals surface area contributed by atoms with E-state index in [-0.39, 0.29) is 12.1 Å². The van der Waals surface area contributed by atoms with E-state index in [4.69, 9.17) is 0 Å². The van der Waals surface area contributed by atoms with E-state index in [0.29, 0.717) is 0 Å². The zero-order chi connectivity index (χ0) is 11.7. The highest BCUT2D eigenvalue weighted by Crippen LogP contribution is 2.21. The molecule has 0 aliphatic heterocycles. The standard InChI is InChI=1S/C12H16N4O/c17-10-4-2-1-3-9(10)14-11-6-8-16-12(15-11)5-7-13-16/h5-10,17H,1-4H2,(H,14,15). The zero-order valence-corrected chi connectivity index (χ0v) is 9.58. The van der Waals surface area contributed by atoms with Crippen molar-refractivity contribution in [3.8, 4) is 0 Å². The van der Waals surface area contributed by atoms with Gasteiger partial charge in [0, 0.05) is 12.3 Å². The van der Waals surface area contributed by atoms with Crippen molar-refractivity contribution in [3.63, 3.8) is 0 Å². The number of nitrogens with one attached hydrogen (secondary N) is 1. The normalized spacial score (nSPS) is 25.0. The molecule has 2 N–H and O–H groups in total. The molecule has 0 aromatic carbocycles. The van der Waals surface area contributed by atoms with Crippen LogP contribution in [0.5, 0.6) is 0 Å². The summed E-state index contributed by atoms with van der Waals surface area (Å²) in [6.45, 7) is 0. The molecule has 2 aromatic rings. The minimum absolute atomic E-state index is 0.127. The van der Waals surface area contributed by atoms with Crippen molar-refractivity contribution >= 4 is 11.5 Å². The van der Waals surface area contributed by atoms with Crippen molar-refractivity contribution in [2.45, 2.75) is 37.8 Å². The lowest BCUT2D eigenvalue weighted by molar-refractivity contribution is 0.116. The van der Waals surface area contributed by atoms with Gasteiger partial charge in [-0.05, 0) is 18.9 Å². The molecule has 0 amide bonds. The molecule has 90 valence electrons. The largest absolute Gasteiger partial charge is 0.391 e. The monoisotopic (exact) mass is 232 g/mol. The SMILES string of the molecule is OC1CCCCC1Nc1ccn2nccc2n1. The summed E-state index contributed by atoms with van der Waals surface area (Å²) >= 11 is 0. The maximum atomic E-state index is 9.90. The van der Waals surface area contributed by atoms with Crippen molar-refractivity contribution in [1.82, 2.24) is 14.6 Å². The predicted molar refractivity (Wildman–Crippen MR) is 64.9 cm³/mol. The zero-order valence-electron chi connectivity index (χ0n) is 9.58. The number of hydrogen-bond acceptors (Lipinski definition) is 4. The van der Waals surface area contributed by atoms with Crippen LogP contribution in [-0.2, 0) is 0 Å². The molecule has 1 aliphatic rings. The van der Waals surface area contributed by atoms with Crippen LogP contribution in [-0.4, -0.2) is 31.9 Å². The van der Waals surface area contributed by atoms with Gasteiger partial charge in [0.1, 0.15) is 5.82 Å². The van der Waals surface area contributed by atoms with Crippen LogP contribution in [0.2, 0.25) is 0 Å². The first-order valence-electron chi connectivity index (χ1n) is 6.08. The second-order valence-electron chi connectivity index (χ2n) is 4.55. The van der Waals surface area contributed by atoms with Crippen LogP contribution < -0.4 is 5.32 Å². The van der Waals surface area contributed by atoms with Crippen LogP contribution in [0.15, 0.2) is 24.5 Å². The fourth-order valence-electron chi connectivity index (χ4n) is 2.36. The van der Waals surface area contributed by atoms with E-state index in [1.807, 2.05) is 18.3 Å². The summed E-state index contributed by atoms with van der Waals surface area (Å²) in [5.74, 6) is 0.809. The highest BCUT2D eigenvalue weighted by atomic mass is 16.3. The first-order chi connectivity index (χ1) is 8.33. The molecule has 0 saturated heterocycles. The van der Waals surface area contributed by atoms with Gasteiger partial charge >= 0.3 is 0 Å². The van der Waals surface area contributed by atoms with E-state index in [9.17, 15) is 5.11 Å². The van der Waals surface area contributed by atoms with Gasteiger partial charge in [0.05, 0.1) is 18.3 Å². The number of aliphatic hydroxyl groups is 1. The molecule has 2 heterocycles. The Hall–Kier alpha value is -1.62. The maximum Gasteiger partial charge on any atom is 0.157 e. The first kappa shape index (κ1) is 10.5. The van der Waals surface area contributed by atoms with Gasteiger partial charge in [-0.25, -0.2) is 9.50 Å². The Morgan fingerprint density at radius 2 is 2.18 bits per heavy atom. The van der Waals surface area contributed by atoms with Crippen LogP contribution in [0.3, 0.4) is 0 Å². The Morgan fingerprint density at radius 3 is 3.06 bits per heavy atom. The van der Waals surface area contributed by atoms with Crippen LogP contribution in [0.4, 0.5) is 5.82 Å². The third-order valence-electron chi connectivity index (χ3n) is 3.32. The Labute approximate surface area is 99.5 Å². The maximum absolute atomic E-state index is 9.90. The Morgan fingerprint density at radius 1 is 1.29 bits per heavy atom. The lowest BCUT2D eigenvalue weighted by Gasteiger charge is -2.28. The van der Waals surface area contributed by atoms with Crippen molar-refractivity contribution in [2.75, 3.05) is 5.32 Å². The summed E-state index contributed by atoms with van der Waals surface area (Å²) in [6.07, 6.45) is 7.52. The minimum Gasteiger partial charge on any atom is -0.391 e. The van der Waals surface area contributed by atoms with Gasteiger partial charge in [0.25, 0.3) is 0 Å². The van der Waals surface area contributed by atoms with Gasteiger partial charge in [-0.15, -0.1) is 0 Å². The lowest BCUT2D eigenvalue weighted by atomic mass is 9.93. The Kier molecular flexibility index (Phi) is 2.68. The third kappa shape index (κ3) is 2.10. The van der Waals surface area contributed by atoms with E-state index in [2.05, 4.69) is 15.4 Å². The minimum atomic E-state index is -0.258. The van der Waals surface area contributed by atoms with Crippen LogP contribution in [0.25, 0.3) is 5.65 Å². The number of fused-ring (bicyclic) bond motifs is 1. The number of rotatable bonds is 2. The summed E-state index contributed by atoms with van der Waals surface area (Å²) in [6, 6.07) is 3.88. The molecule has 2 unspecified atom stereocenters. The van der Waals surface area contributed by atoms with Crippen LogP contribution >= 0.6 is 0 Å². The van der Waals surface area contributed by atoms with Crippen molar-refractivity contribution < 1.29 is 5.11 Å². The number of nitrogens with zero attached hydrogens (tertiary/aromatic N) is 3. The van der Waals surface area contributed by atoms with Crippen LogP contribution in [0.1, 0.15) is 25.7 Å². The summed E-state index contributed by atoms with van der Waals surface area (Å²) in [4.78, 5) is 4.44. The molecular weight excluding hydrogens is 216 g/mol. The van der Waals surface area contributed by atoms with Gasteiger partial charge in [-0.3, -0.25) is 0 Å². The average Bonchev–Trinajstić information content (AvgIpc) is 2.79. The molecule has 17 heavy (non-hydrogen) atoms. The summed E-state index contributed by atoms with van der Waals surface area (Å²) in [5, 5.41) is 17.3. The van der Waals surface area contributed by atoms with Crippen molar-refractivity contribution in [2.24, 2.45) is 0 Å². The number of aromatic nitrogens is 3. The molecule has 0 radical (unpaired) electrons. The van der Waals surface area contributed by atoms with E-state index < -0.39 is 0 Å². The second kappa shape index (κ2) is 4.33.